The Hall–Kier alpha value is -1.86. The van der Waals surface area contributed by atoms with Gasteiger partial charge in [0.25, 0.3) is 0 Å². The first-order valence-electron chi connectivity index (χ1n) is 5.32. The minimum atomic E-state index is -0.0961. The van der Waals surface area contributed by atoms with Crippen LogP contribution in [0.1, 0.15) is 6.42 Å². The van der Waals surface area contributed by atoms with E-state index in [2.05, 4.69) is 20.9 Å². The van der Waals surface area contributed by atoms with Gasteiger partial charge in [0.1, 0.15) is 0 Å². The molecule has 0 aliphatic rings. The van der Waals surface area contributed by atoms with E-state index in [-0.39, 0.29) is 6.04 Å². The molecule has 4 nitrogen and oxygen atoms in total. The predicted molar refractivity (Wildman–Crippen MR) is 62.8 cm³/mol. The van der Waals surface area contributed by atoms with Crippen LogP contribution in [-0.2, 0) is 6.54 Å². The largest absolute Gasteiger partial charge is 0.330 e. The standard InChI is InChI=1S/C12H14N4/c1-14-10(8-13)6-7-16-9-15-11-4-2-3-5-12(11)16/h2-5,9-10,14H,6-7H2,1H3. The van der Waals surface area contributed by atoms with Gasteiger partial charge >= 0.3 is 0 Å². The third-order valence-corrected chi connectivity index (χ3v) is 2.69. The van der Waals surface area contributed by atoms with Gasteiger partial charge < -0.3 is 9.88 Å². The summed E-state index contributed by atoms with van der Waals surface area (Å²) in [5.41, 5.74) is 2.12. The molecule has 1 heterocycles. The van der Waals surface area contributed by atoms with Crippen molar-refractivity contribution in [2.24, 2.45) is 0 Å². The maximum Gasteiger partial charge on any atom is 0.0967 e. The Kier molecular flexibility index (Phi) is 3.18. The van der Waals surface area contributed by atoms with Crippen LogP contribution in [0.2, 0.25) is 0 Å². The minimum Gasteiger partial charge on any atom is -0.330 e. The number of nitriles is 1. The summed E-state index contributed by atoms with van der Waals surface area (Å²) in [7, 11) is 1.81. The highest BCUT2D eigenvalue weighted by molar-refractivity contribution is 5.74. The highest BCUT2D eigenvalue weighted by atomic mass is 15.0. The Morgan fingerprint density at radius 3 is 3.06 bits per heavy atom. The number of rotatable bonds is 4. The normalized spacial score (nSPS) is 12.5. The first-order valence-corrected chi connectivity index (χ1v) is 5.32. The quantitative estimate of drug-likeness (QED) is 0.839. The molecule has 16 heavy (non-hydrogen) atoms. The Morgan fingerprint density at radius 2 is 2.31 bits per heavy atom. The molecule has 0 spiro atoms. The van der Waals surface area contributed by atoms with Crippen molar-refractivity contribution in [3.63, 3.8) is 0 Å². The number of hydrogen-bond donors (Lipinski definition) is 1. The zero-order chi connectivity index (χ0) is 11.4. The molecule has 0 aliphatic carbocycles. The first-order chi connectivity index (χ1) is 7.85. The minimum absolute atomic E-state index is 0.0961. The van der Waals surface area contributed by atoms with Gasteiger partial charge in [0.15, 0.2) is 0 Å². The van der Waals surface area contributed by atoms with E-state index in [9.17, 15) is 0 Å². The summed E-state index contributed by atoms with van der Waals surface area (Å²) in [4.78, 5) is 4.31. The number of hydrogen-bond acceptors (Lipinski definition) is 3. The van der Waals surface area contributed by atoms with Crippen molar-refractivity contribution in [1.82, 2.24) is 14.9 Å². The van der Waals surface area contributed by atoms with Crippen molar-refractivity contribution in [2.75, 3.05) is 7.05 Å². The Balaban J connectivity index is 2.13. The van der Waals surface area contributed by atoms with Crippen molar-refractivity contribution >= 4 is 11.0 Å². The molecular formula is C12H14N4. The fourth-order valence-corrected chi connectivity index (χ4v) is 1.73. The van der Waals surface area contributed by atoms with Gasteiger partial charge in [-0.25, -0.2) is 4.98 Å². The smallest absolute Gasteiger partial charge is 0.0967 e. The summed E-state index contributed by atoms with van der Waals surface area (Å²) in [6, 6.07) is 10.1. The van der Waals surface area contributed by atoms with Gasteiger partial charge in [-0.2, -0.15) is 5.26 Å². The lowest BCUT2D eigenvalue weighted by atomic mass is 10.2. The van der Waals surface area contributed by atoms with Gasteiger partial charge in [0, 0.05) is 6.54 Å². The van der Waals surface area contributed by atoms with Gasteiger partial charge in [-0.15, -0.1) is 0 Å². The highest BCUT2D eigenvalue weighted by Gasteiger charge is 2.06. The van der Waals surface area contributed by atoms with E-state index in [1.807, 2.05) is 30.6 Å². The highest BCUT2D eigenvalue weighted by Crippen LogP contribution is 2.12. The molecule has 2 rings (SSSR count). The Labute approximate surface area is 94.5 Å². The van der Waals surface area contributed by atoms with Crippen molar-refractivity contribution in [1.29, 1.82) is 5.26 Å². The summed E-state index contributed by atoms with van der Waals surface area (Å²) in [5, 5.41) is 11.8. The number of benzene rings is 1. The Morgan fingerprint density at radius 1 is 1.50 bits per heavy atom. The topological polar surface area (TPSA) is 53.6 Å². The summed E-state index contributed by atoms with van der Waals surface area (Å²) >= 11 is 0. The second kappa shape index (κ2) is 4.77. The molecule has 0 saturated carbocycles. The Bertz CT molecular complexity index is 509. The van der Waals surface area contributed by atoms with E-state index in [4.69, 9.17) is 5.26 Å². The first kappa shape index (κ1) is 10.7. The fourth-order valence-electron chi connectivity index (χ4n) is 1.73. The molecular weight excluding hydrogens is 200 g/mol. The third kappa shape index (κ3) is 2.05. The lowest BCUT2D eigenvalue weighted by Crippen LogP contribution is -2.24. The van der Waals surface area contributed by atoms with Gasteiger partial charge in [0.2, 0.25) is 0 Å². The average molecular weight is 214 g/mol. The average Bonchev–Trinajstić information content (AvgIpc) is 2.74. The lowest BCUT2D eigenvalue weighted by Gasteiger charge is -2.08. The summed E-state index contributed by atoms with van der Waals surface area (Å²) < 4.78 is 2.08. The number of imidazole rings is 1. The molecule has 1 aromatic carbocycles. The summed E-state index contributed by atoms with van der Waals surface area (Å²) in [5.74, 6) is 0. The molecule has 4 heteroatoms. The van der Waals surface area contributed by atoms with E-state index >= 15 is 0 Å². The molecule has 0 fully saturated rings. The monoisotopic (exact) mass is 214 g/mol. The van der Waals surface area contributed by atoms with E-state index in [0.717, 1.165) is 24.0 Å². The molecule has 82 valence electrons. The second-order valence-electron chi connectivity index (χ2n) is 3.69. The molecule has 0 amide bonds. The van der Waals surface area contributed by atoms with Crippen LogP contribution in [0.25, 0.3) is 11.0 Å². The molecule has 1 unspecified atom stereocenters. The molecule has 2 aromatic rings. The molecule has 0 saturated heterocycles. The number of nitrogens with zero attached hydrogens (tertiary/aromatic N) is 3. The van der Waals surface area contributed by atoms with Gasteiger partial charge in [-0.05, 0) is 25.6 Å². The van der Waals surface area contributed by atoms with Crippen LogP contribution >= 0.6 is 0 Å². The molecule has 0 aliphatic heterocycles. The number of para-hydroxylation sites is 2. The second-order valence-corrected chi connectivity index (χ2v) is 3.69. The van der Waals surface area contributed by atoms with Gasteiger partial charge in [0.05, 0.1) is 29.5 Å². The molecule has 1 aromatic heterocycles. The van der Waals surface area contributed by atoms with Crippen molar-refractivity contribution in [2.45, 2.75) is 19.0 Å². The van der Waals surface area contributed by atoms with Crippen LogP contribution in [0.3, 0.4) is 0 Å². The lowest BCUT2D eigenvalue weighted by molar-refractivity contribution is 0.559. The van der Waals surface area contributed by atoms with E-state index in [1.165, 1.54) is 0 Å². The zero-order valence-corrected chi connectivity index (χ0v) is 9.22. The number of nitrogens with one attached hydrogen (secondary N) is 1. The van der Waals surface area contributed by atoms with Gasteiger partial charge in [-0.1, -0.05) is 12.1 Å². The van der Waals surface area contributed by atoms with Gasteiger partial charge in [-0.3, -0.25) is 0 Å². The molecule has 1 N–H and O–H groups in total. The molecule has 0 radical (unpaired) electrons. The van der Waals surface area contributed by atoms with Crippen LogP contribution in [0.5, 0.6) is 0 Å². The summed E-state index contributed by atoms with van der Waals surface area (Å²) in [6.45, 7) is 0.805. The van der Waals surface area contributed by atoms with Crippen LogP contribution in [0, 0.1) is 11.3 Å². The molecule has 1 atom stereocenters. The fraction of sp³-hybridized carbons (Fsp3) is 0.333. The summed E-state index contributed by atoms with van der Waals surface area (Å²) in [6.07, 6.45) is 2.61. The SMILES string of the molecule is CNC(C#N)CCn1cnc2ccccc21. The van der Waals surface area contributed by atoms with Crippen molar-refractivity contribution in [3.05, 3.63) is 30.6 Å². The van der Waals surface area contributed by atoms with Crippen molar-refractivity contribution in [3.8, 4) is 6.07 Å². The van der Waals surface area contributed by atoms with E-state index in [0.29, 0.717) is 0 Å². The molecule has 0 bridgehead atoms. The third-order valence-electron chi connectivity index (χ3n) is 2.69. The number of aromatic nitrogens is 2. The van der Waals surface area contributed by atoms with Crippen LogP contribution in [0.15, 0.2) is 30.6 Å². The predicted octanol–water partition coefficient (Wildman–Crippen LogP) is 1.54. The van der Waals surface area contributed by atoms with Crippen LogP contribution < -0.4 is 5.32 Å². The maximum absolute atomic E-state index is 8.83. The van der Waals surface area contributed by atoms with Crippen molar-refractivity contribution < 1.29 is 0 Å². The number of aryl methyl sites for hydroxylation is 1. The number of fused-ring (bicyclic) bond motifs is 1. The zero-order valence-electron chi connectivity index (χ0n) is 9.22. The van der Waals surface area contributed by atoms with Crippen LogP contribution in [-0.4, -0.2) is 22.6 Å². The maximum atomic E-state index is 8.83. The van der Waals surface area contributed by atoms with Crippen LogP contribution in [0.4, 0.5) is 0 Å². The van der Waals surface area contributed by atoms with E-state index in [1.54, 1.807) is 7.05 Å². The van der Waals surface area contributed by atoms with E-state index < -0.39 is 0 Å².